The summed E-state index contributed by atoms with van der Waals surface area (Å²) >= 11 is 9.89. The number of aromatic nitrogens is 2. The Labute approximate surface area is 191 Å². The van der Waals surface area contributed by atoms with Crippen LogP contribution in [0.25, 0.3) is 0 Å². The van der Waals surface area contributed by atoms with Gasteiger partial charge in [-0.1, -0.05) is 32.4 Å². The zero-order valence-corrected chi connectivity index (χ0v) is 20.4. The molecule has 0 N–H and O–H groups in total. The Morgan fingerprint density at radius 1 is 1.33 bits per heavy atom. The summed E-state index contributed by atoms with van der Waals surface area (Å²) in [5.74, 6) is 1.27. The first-order chi connectivity index (χ1) is 14.2. The van der Waals surface area contributed by atoms with Crippen molar-refractivity contribution in [3.8, 4) is 5.75 Å². The highest BCUT2D eigenvalue weighted by atomic mass is 79.9. The summed E-state index contributed by atoms with van der Waals surface area (Å²) in [5.41, 5.74) is 1.62. The highest BCUT2D eigenvalue weighted by molar-refractivity contribution is 9.10. The molecule has 7 heteroatoms. The summed E-state index contributed by atoms with van der Waals surface area (Å²) in [6.07, 6.45) is 6.92. The van der Waals surface area contributed by atoms with Crippen molar-refractivity contribution in [3.63, 3.8) is 0 Å². The van der Waals surface area contributed by atoms with Crippen LogP contribution < -0.4 is 10.2 Å². The van der Waals surface area contributed by atoms with Crippen LogP contribution in [-0.4, -0.2) is 22.8 Å². The maximum Gasteiger partial charge on any atom is 0.187 e. The standard InChI is InChI=1S/C23H30BrClN2O3/c1-5-29-14-17-12-27(9-8-18(17)28)20(23(2,3)4)11-16-10-19(22(25)26-21(16)24)30-13-15-6-7-15/h8-10,12,15,20H,5-7,11,13-14H2,1-4H3. The number of rotatable bonds is 9. The van der Waals surface area contributed by atoms with E-state index < -0.39 is 0 Å². The normalized spacial score (nSPS) is 15.3. The predicted molar refractivity (Wildman–Crippen MR) is 123 cm³/mol. The molecule has 30 heavy (non-hydrogen) atoms. The fraction of sp³-hybridized carbons (Fsp3) is 0.565. The fourth-order valence-corrected chi connectivity index (χ4v) is 4.11. The van der Waals surface area contributed by atoms with Crippen LogP contribution in [0, 0.1) is 11.3 Å². The predicted octanol–water partition coefficient (Wildman–Crippen LogP) is 5.81. The Morgan fingerprint density at radius 2 is 2.07 bits per heavy atom. The lowest BCUT2D eigenvalue weighted by Crippen LogP contribution is -2.28. The van der Waals surface area contributed by atoms with Crippen LogP contribution in [0.2, 0.25) is 5.15 Å². The van der Waals surface area contributed by atoms with E-state index in [1.807, 2.05) is 25.4 Å². The molecule has 3 rings (SSSR count). The lowest BCUT2D eigenvalue weighted by Gasteiger charge is -2.33. The Bertz CT molecular complexity index is 935. The molecule has 2 heterocycles. The third kappa shape index (κ3) is 6.08. The van der Waals surface area contributed by atoms with Crippen molar-refractivity contribution in [2.75, 3.05) is 13.2 Å². The van der Waals surface area contributed by atoms with Crippen molar-refractivity contribution in [1.29, 1.82) is 0 Å². The summed E-state index contributed by atoms with van der Waals surface area (Å²) in [5, 5.41) is 0.376. The highest BCUT2D eigenvalue weighted by Crippen LogP contribution is 2.38. The van der Waals surface area contributed by atoms with E-state index in [0.717, 1.165) is 10.2 Å². The number of nitrogens with zero attached hydrogens (tertiary/aromatic N) is 2. The van der Waals surface area contributed by atoms with Crippen LogP contribution in [0.15, 0.2) is 33.9 Å². The second kappa shape index (κ2) is 9.84. The summed E-state index contributed by atoms with van der Waals surface area (Å²) < 4.78 is 14.2. The number of hydrogen-bond acceptors (Lipinski definition) is 4. The maximum atomic E-state index is 12.2. The van der Waals surface area contributed by atoms with Gasteiger partial charge in [-0.2, -0.15) is 0 Å². The summed E-state index contributed by atoms with van der Waals surface area (Å²) in [6, 6.07) is 3.70. The summed E-state index contributed by atoms with van der Waals surface area (Å²) in [4.78, 5) is 16.7. The van der Waals surface area contributed by atoms with E-state index >= 15 is 0 Å². The van der Waals surface area contributed by atoms with Crippen molar-refractivity contribution in [1.82, 2.24) is 9.55 Å². The van der Waals surface area contributed by atoms with Crippen molar-refractivity contribution < 1.29 is 9.47 Å². The smallest absolute Gasteiger partial charge is 0.187 e. The van der Waals surface area contributed by atoms with E-state index in [-0.39, 0.29) is 16.9 Å². The lowest BCUT2D eigenvalue weighted by molar-refractivity contribution is 0.132. The van der Waals surface area contributed by atoms with Gasteiger partial charge >= 0.3 is 0 Å². The molecule has 2 aromatic heterocycles. The van der Waals surface area contributed by atoms with E-state index in [1.165, 1.54) is 12.8 Å². The zero-order chi connectivity index (χ0) is 21.9. The molecule has 1 atom stereocenters. The molecule has 2 aromatic rings. The minimum atomic E-state index is -0.0634. The van der Waals surface area contributed by atoms with Gasteiger partial charge in [-0.15, -0.1) is 0 Å². The van der Waals surface area contributed by atoms with Gasteiger partial charge in [0.15, 0.2) is 16.3 Å². The molecule has 164 valence electrons. The molecule has 1 aliphatic carbocycles. The van der Waals surface area contributed by atoms with Gasteiger partial charge in [0.2, 0.25) is 0 Å². The van der Waals surface area contributed by atoms with Gasteiger partial charge in [0, 0.05) is 36.7 Å². The van der Waals surface area contributed by atoms with Crippen molar-refractivity contribution in [2.24, 2.45) is 11.3 Å². The van der Waals surface area contributed by atoms with Gasteiger partial charge < -0.3 is 14.0 Å². The molecular weight excluding hydrogens is 468 g/mol. The fourth-order valence-electron chi connectivity index (χ4n) is 3.36. The van der Waals surface area contributed by atoms with E-state index in [0.29, 0.717) is 48.6 Å². The third-order valence-electron chi connectivity index (χ3n) is 5.40. The van der Waals surface area contributed by atoms with Crippen LogP contribution in [0.4, 0.5) is 0 Å². The number of hydrogen-bond donors (Lipinski definition) is 0. The van der Waals surface area contributed by atoms with Crippen LogP contribution >= 0.6 is 27.5 Å². The summed E-state index contributed by atoms with van der Waals surface area (Å²) in [6.45, 7) is 10.1. The average Bonchev–Trinajstić information content (AvgIpc) is 3.49. The monoisotopic (exact) mass is 496 g/mol. The zero-order valence-electron chi connectivity index (χ0n) is 18.1. The second-order valence-corrected chi connectivity index (χ2v) is 10.1. The van der Waals surface area contributed by atoms with Gasteiger partial charge in [-0.3, -0.25) is 4.79 Å². The van der Waals surface area contributed by atoms with Crippen LogP contribution in [0.5, 0.6) is 5.75 Å². The van der Waals surface area contributed by atoms with Gasteiger partial charge in [0.1, 0.15) is 4.60 Å². The molecule has 5 nitrogen and oxygen atoms in total. The SMILES string of the molecule is CCOCc1cn(C(Cc2cc(OCC3CC3)c(Cl)nc2Br)C(C)(C)C)ccc1=O. The van der Waals surface area contributed by atoms with Crippen molar-refractivity contribution in [3.05, 3.63) is 55.6 Å². The molecule has 0 bridgehead atoms. The highest BCUT2D eigenvalue weighted by Gasteiger charge is 2.28. The molecule has 0 aromatic carbocycles. The average molecular weight is 498 g/mol. The van der Waals surface area contributed by atoms with E-state index in [1.54, 1.807) is 6.07 Å². The topological polar surface area (TPSA) is 53.4 Å². The van der Waals surface area contributed by atoms with Crippen molar-refractivity contribution >= 4 is 27.5 Å². The molecule has 0 saturated heterocycles. The van der Waals surface area contributed by atoms with Crippen LogP contribution in [0.3, 0.4) is 0 Å². The molecule has 1 unspecified atom stereocenters. The summed E-state index contributed by atoms with van der Waals surface area (Å²) in [7, 11) is 0. The lowest BCUT2D eigenvalue weighted by atomic mass is 9.83. The number of ether oxygens (including phenoxy) is 2. The largest absolute Gasteiger partial charge is 0.490 e. The molecule has 1 saturated carbocycles. The van der Waals surface area contributed by atoms with Gasteiger partial charge in [-0.05, 0) is 65.1 Å². The van der Waals surface area contributed by atoms with Gasteiger partial charge in [-0.25, -0.2) is 4.98 Å². The van der Waals surface area contributed by atoms with E-state index in [4.69, 9.17) is 21.1 Å². The second-order valence-electron chi connectivity index (χ2n) is 8.99. The first-order valence-electron chi connectivity index (χ1n) is 10.4. The van der Waals surface area contributed by atoms with Crippen molar-refractivity contribution in [2.45, 2.75) is 59.6 Å². The minimum Gasteiger partial charge on any atom is -0.490 e. The van der Waals surface area contributed by atoms with Gasteiger partial charge in [0.25, 0.3) is 0 Å². The molecule has 1 fully saturated rings. The Balaban J connectivity index is 1.90. The molecule has 1 aliphatic rings. The van der Waals surface area contributed by atoms with Crippen LogP contribution in [-0.2, 0) is 17.8 Å². The quantitative estimate of drug-likeness (QED) is 0.410. The molecule has 0 amide bonds. The Hall–Kier alpha value is -1.37. The first-order valence-corrected chi connectivity index (χ1v) is 11.6. The Morgan fingerprint density at radius 3 is 2.70 bits per heavy atom. The Kier molecular flexibility index (Phi) is 7.64. The molecule has 0 aliphatic heterocycles. The third-order valence-corrected chi connectivity index (χ3v) is 6.35. The van der Waals surface area contributed by atoms with Crippen LogP contribution in [0.1, 0.15) is 57.7 Å². The van der Waals surface area contributed by atoms with Gasteiger partial charge in [0.05, 0.1) is 13.2 Å². The molecular formula is C23H30BrClN2O3. The number of halogens is 2. The van der Waals surface area contributed by atoms with E-state index in [9.17, 15) is 4.79 Å². The number of pyridine rings is 2. The first kappa shape index (κ1) is 23.3. The molecule has 0 radical (unpaired) electrons. The minimum absolute atomic E-state index is 0.00235. The maximum absolute atomic E-state index is 12.2. The molecule has 0 spiro atoms. The van der Waals surface area contributed by atoms with E-state index in [2.05, 4.69) is 46.3 Å².